The molecule has 1 N–H and O–H groups in total. The number of piperidine rings is 1. The van der Waals surface area contributed by atoms with Gasteiger partial charge in [-0.2, -0.15) is 4.31 Å². The number of hydrogen-bond acceptors (Lipinski definition) is 5. The van der Waals surface area contributed by atoms with E-state index in [1.54, 1.807) is 6.33 Å². The maximum atomic E-state index is 13.0. The lowest BCUT2D eigenvalue weighted by atomic mass is 9.98. The van der Waals surface area contributed by atoms with Gasteiger partial charge in [0.1, 0.15) is 18.0 Å². The van der Waals surface area contributed by atoms with E-state index >= 15 is 0 Å². The van der Waals surface area contributed by atoms with Crippen LogP contribution in [0.1, 0.15) is 70.1 Å². The van der Waals surface area contributed by atoms with Crippen LogP contribution in [-0.2, 0) is 10.0 Å². The van der Waals surface area contributed by atoms with E-state index in [1.807, 2.05) is 18.4 Å². The second-order valence-corrected chi connectivity index (χ2v) is 9.09. The fourth-order valence-electron chi connectivity index (χ4n) is 3.20. The zero-order chi connectivity index (χ0) is 18.2. The molecule has 9 heteroatoms. The molecular weight excluding hydrogens is 340 g/mol. The molecule has 1 fully saturated rings. The van der Waals surface area contributed by atoms with Gasteiger partial charge in [0, 0.05) is 31.0 Å². The Labute approximate surface area is 148 Å². The normalized spacial score (nSPS) is 19.8. The van der Waals surface area contributed by atoms with Crippen molar-refractivity contribution in [2.45, 2.75) is 63.4 Å². The third-order valence-corrected chi connectivity index (χ3v) is 6.42. The van der Waals surface area contributed by atoms with E-state index in [1.165, 1.54) is 10.5 Å². The minimum absolute atomic E-state index is 0.0564. The van der Waals surface area contributed by atoms with Gasteiger partial charge in [-0.15, -0.1) is 10.2 Å². The summed E-state index contributed by atoms with van der Waals surface area (Å²) in [5.74, 6) is 1.76. The highest BCUT2D eigenvalue weighted by atomic mass is 32.2. The van der Waals surface area contributed by atoms with Gasteiger partial charge in [0.25, 0.3) is 10.0 Å². The number of nitrogens with one attached hydrogen (secondary N) is 1. The van der Waals surface area contributed by atoms with Crippen LogP contribution >= 0.6 is 0 Å². The number of imidazole rings is 1. The Bertz CT molecular complexity index is 823. The lowest BCUT2D eigenvalue weighted by molar-refractivity contribution is 0.301. The van der Waals surface area contributed by atoms with Gasteiger partial charge in [0.2, 0.25) is 0 Å². The van der Waals surface area contributed by atoms with Gasteiger partial charge < -0.3 is 9.55 Å². The van der Waals surface area contributed by atoms with Gasteiger partial charge >= 0.3 is 0 Å². The third-order valence-electron chi connectivity index (χ3n) is 4.64. The Morgan fingerprint density at radius 1 is 1.28 bits per heavy atom. The summed E-state index contributed by atoms with van der Waals surface area (Å²) in [5, 5.41) is 8.43. The highest BCUT2D eigenvalue weighted by Gasteiger charge is 2.34. The van der Waals surface area contributed by atoms with Crippen LogP contribution in [0.4, 0.5) is 0 Å². The summed E-state index contributed by atoms with van der Waals surface area (Å²) in [7, 11) is -3.57. The molecular formula is C16H26N6O2S. The summed E-state index contributed by atoms with van der Waals surface area (Å²) in [6.07, 6.45) is 4.86. The van der Waals surface area contributed by atoms with Crippen molar-refractivity contribution < 1.29 is 8.42 Å². The van der Waals surface area contributed by atoms with E-state index in [0.717, 1.165) is 18.7 Å². The molecule has 8 nitrogen and oxygen atoms in total. The van der Waals surface area contributed by atoms with Crippen LogP contribution in [0, 0.1) is 0 Å². The zero-order valence-electron chi connectivity index (χ0n) is 15.2. The van der Waals surface area contributed by atoms with Gasteiger partial charge in [-0.1, -0.05) is 13.8 Å². The largest absolute Gasteiger partial charge is 0.332 e. The van der Waals surface area contributed by atoms with E-state index in [4.69, 9.17) is 0 Å². The molecule has 0 radical (unpaired) electrons. The van der Waals surface area contributed by atoms with E-state index in [0.29, 0.717) is 18.9 Å². The summed E-state index contributed by atoms with van der Waals surface area (Å²) in [5.41, 5.74) is 0. The molecule has 1 unspecified atom stereocenters. The van der Waals surface area contributed by atoms with Crippen LogP contribution in [0.15, 0.2) is 17.6 Å². The molecule has 1 aliphatic heterocycles. The summed E-state index contributed by atoms with van der Waals surface area (Å²) in [6, 6.07) is 0.248. The fraction of sp³-hybridized carbons (Fsp3) is 0.688. The molecule has 1 saturated heterocycles. The van der Waals surface area contributed by atoms with Crippen molar-refractivity contribution in [1.82, 2.24) is 29.0 Å². The van der Waals surface area contributed by atoms with E-state index < -0.39 is 10.0 Å². The van der Waals surface area contributed by atoms with E-state index in [9.17, 15) is 8.42 Å². The van der Waals surface area contributed by atoms with Crippen molar-refractivity contribution in [3.63, 3.8) is 0 Å². The summed E-state index contributed by atoms with van der Waals surface area (Å²) in [6.45, 7) is 9.04. The molecule has 0 saturated carbocycles. The van der Waals surface area contributed by atoms with Crippen LogP contribution in [0.5, 0.6) is 0 Å². The second-order valence-electron chi connectivity index (χ2n) is 7.18. The fourth-order valence-corrected chi connectivity index (χ4v) is 4.64. The molecule has 3 rings (SSSR count). The van der Waals surface area contributed by atoms with Crippen molar-refractivity contribution in [1.29, 1.82) is 0 Å². The molecule has 0 bridgehead atoms. The molecule has 0 amide bonds. The summed E-state index contributed by atoms with van der Waals surface area (Å²) in [4.78, 5) is 7.15. The van der Waals surface area contributed by atoms with Gasteiger partial charge in [0.05, 0.1) is 6.20 Å². The lowest BCUT2D eigenvalue weighted by Crippen LogP contribution is -2.40. The van der Waals surface area contributed by atoms with Gasteiger partial charge in [-0.05, 0) is 26.7 Å². The van der Waals surface area contributed by atoms with E-state index in [-0.39, 0.29) is 22.9 Å². The number of sulfonamides is 1. The van der Waals surface area contributed by atoms with Crippen LogP contribution in [0.3, 0.4) is 0 Å². The first-order valence-electron chi connectivity index (χ1n) is 8.75. The Hall–Kier alpha value is -1.74. The molecule has 0 spiro atoms. The number of hydrogen-bond donors (Lipinski definition) is 1. The first-order chi connectivity index (χ1) is 11.8. The Morgan fingerprint density at radius 3 is 2.68 bits per heavy atom. The SMILES string of the molecule is CC(C)c1ncc(S(=O)(=O)N2CCCC(c3nncn3C(C)C)C2)[nH]1. The summed E-state index contributed by atoms with van der Waals surface area (Å²) < 4.78 is 29.5. The molecule has 0 aliphatic carbocycles. The Kier molecular flexibility index (Phi) is 4.97. The first kappa shape index (κ1) is 18.1. The van der Waals surface area contributed by atoms with Crippen molar-refractivity contribution in [2.75, 3.05) is 13.1 Å². The third kappa shape index (κ3) is 3.48. The predicted octanol–water partition coefficient (Wildman–Crippen LogP) is 2.27. The topological polar surface area (TPSA) is 96.8 Å². The van der Waals surface area contributed by atoms with Gasteiger partial charge in [-0.25, -0.2) is 13.4 Å². The Balaban J connectivity index is 1.83. The highest BCUT2D eigenvalue weighted by Crippen LogP contribution is 2.30. The molecule has 1 aliphatic rings. The van der Waals surface area contributed by atoms with Crippen molar-refractivity contribution in [3.8, 4) is 0 Å². The zero-order valence-corrected chi connectivity index (χ0v) is 16.0. The molecule has 2 aromatic heterocycles. The second kappa shape index (κ2) is 6.87. The molecule has 1 atom stereocenters. The van der Waals surface area contributed by atoms with E-state index in [2.05, 4.69) is 34.0 Å². The molecule has 25 heavy (non-hydrogen) atoms. The van der Waals surface area contributed by atoms with Crippen LogP contribution in [-0.4, -0.2) is 50.5 Å². The number of aromatic amines is 1. The standard InChI is InChI=1S/C16H26N6O2S/c1-11(2)15-17-8-14(19-15)25(23,24)21-7-5-6-13(9-21)16-20-18-10-22(16)12(3)4/h8,10-13H,5-7,9H2,1-4H3,(H,17,19). The first-order valence-corrected chi connectivity index (χ1v) is 10.2. The van der Waals surface area contributed by atoms with Crippen LogP contribution in [0.25, 0.3) is 0 Å². The quantitative estimate of drug-likeness (QED) is 0.875. The monoisotopic (exact) mass is 366 g/mol. The number of rotatable bonds is 5. The van der Waals surface area contributed by atoms with Gasteiger partial charge in [-0.3, -0.25) is 0 Å². The smallest absolute Gasteiger partial charge is 0.260 e. The number of H-pyrrole nitrogens is 1. The molecule has 138 valence electrons. The molecule has 0 aromatic carbocycles. The van der Waals surface area contributed by atoms with Gasteiger partial charge in [0.15, 0.2) is 5.03 Å². The van der Waals surface area contributed by atoms with Crippen LogP contribution < -0.4 is 0 Å². The lowest BCUT2D eigenvalue weighted by Gasteiger charge is -2.31. The minimum atomic E-state index is -3.57. The average molecular weight is 366 g/mol. The number of nitrogens with zero attached hydrogens (tertiary/aromatic N) is 5. The Morgan fingerprint density at radius 2 is 2.04 bits per heavy atom. The minimum Gasteiger partial charge on any atom is -0.332 e. The molecule has 3 heterocycles. The average Bonchev–Trinajstić information content (AvgIpc) is 3.24. The predicted molar refractivity (Wildman–Crippen MR) is 93.8 cm³/mol. The van der Waals surface area contributed by atoms with Crippen molar-refractivity contribution in [2.24, 2.45) is 0 Å². The highest BCUT2D eigenvalue weighted by molar-refractivity contribution is 7.89. The van der Waals surface area contributed by atoms with Crippen molar-refractivity contribution in [3.05, 3.63) is 24.2 Å². The number of aromatic nitrogens is 5. The maximum Gasteiger partial charge on any atom is 0.260 e. The molecule has 2 aromatic rings. The van der Waals surface area contributed by atoms with Crippen LogP contribution in [0.2, 0.25) is 0 Å². The van der Waals surface area contributed by atoms with Crippen molar-refractivity contribution >= 4 is 10.0 Å². The maximum absolute atomic E-state index is 13.0. The summed E-state index contributed by atoms with van der Waals surface area (Å²) >= 11 is 0.